The molecule has 96 valence electrons. The van der Waals surface area contributed by atoms with E-state index < -0.39 is 0 Å². The van der Waals surface area contributed by atoms with Crippen LogP contribution >= 0.6 is 11.8 Å². The number of amidine groups is 1. The second-order valence-electron chi connectivity index (χ2n) is 5.03. The molecule has 0 radical (unpaired) electrons. The summed E-state index contributed by atoms with van der Waals surface area (Å²) >= 11 is 1.65. The molecule has 2 aliphatic rings. The third-order valence-corrected chi connectivity index (χ3v) is 4.82. The van der Waals surface area contributed by atoms with Gasteiger partial charge in [0.25, 0.3) is 0 Å². The van der Waals surface area contributed by atoms with Crippen LogP contribution in [-0.2, 0) is 0 Å². The topological polar surface area (TPSA) is 58.6 Å². The van der Waals surface area contributed by atoms with Gasteiger partial charge in [0, 0.05) is 11.7 Å². The molecule has 3 unspecified atom stereocenters. The van der Waals surface area contributed by atoms with Gasteiger partial charge < -0.3 is 10.8 Å². The minimum absolute atomic E-state index is 0.279. The highest BCUT2D eigenvalue weighted by Crippen LogP contribution is 2.40. The zero-order chi connectivity index (χ0) is 12.5. The number of hydrogen-bond donors (Lipinski definition) is 2. The van der Waals surface area contributed by atoms with Gasteiger partial charge in [-0.3, -0.25) is 4.99 Å². The fraction of sp³-hybridized carbons (Fsp3) is 0.500. The van der Waals surface area contributed by atoms with Crippen molar-refractivity contribution in [2.24, 2.45) is 10.7 Å². The molecule has 3 rings (SSSR count). The first kappa shape index (κ1) is 12.1. The number of aliphatic imine (C=N–C) groups is 1. The molecule has 3 atom stereocenters. The molecule has 0 aromatic heterocycles. The fourth-order valence-corrected chi connectivity index (χ4v) is 3.87. The molecule has 4 heteroatoms. The van der Waals surface area contributed by atoms with Crippen molar-refractivity contribution in [2.45, 2.75) is 37.3 Å². The maximum absolute atomic E-state index is 10.2. The van der Waals surface area contributed by atoms with Crippen LogP contribution in [0.15, 0.2) is 29.3 Å². The number of benzene rings is 1. The van der Waals surface area contributed by atoms with E-state index in [1.807, 2.05) is 12.1 Å². The first-order valence-corrected chi connectivity index (χ1v) is 7.47. The van der Waals surface area contributed by atoms with Crippen molar-refractivity contribution in [2.75, 3.05) is 5.75 Å². The lowest BCUT2D eigenvalue weighted by atomic mass is 9.87. The second kappa shape index (κ2) is 4.94. The fourth-order valence-electron chi connectivity index (χ4n) is 3.01. The lowest BCUT2D eigenvalue weighted by Gasteiger charge is -2.22. The SMILES string of the molecule is NC1=NC(C2CCCC(O)c3ccccc32)CS1. The summed E-state index contributed by atoms with van der Waals surface area (Å²) in [6.45, 7) is 0. The number of hydrogen-bond acceptors (Lipinski definition) is 4. The van der Waals surface area contributed by atoms with Crippen molar-refractivity contribution < 1.29 is 5.11 Å². The van der Waals surface area contributed by atoms with E-state index >= 15 is 0 Å². The average molecular weight is 262 g/mol. The number of nitrogens with zero attached hydrogens (tertiary/aromatic N) is 1. The van der Waals surface area contributed by atoms with Crippen molar-refractivity contribution in [1.82, 2.24) is 0 Å². The number of rotatable bonds is 1. The summed E-state index contributed by atoms with van der Waals surface area (Å²) in [7, 11) is 0. The van der Waals surface area contributed by atoms with Crippen molar-refractivity contribution >= 4 is 16.9 Å². The number of fused-ring (bicyclic) bond motifs is 1. The highest BCUT2D eigenvalue weighted by Gasteiger charge is 2.31. The summed E-state index contributed by atoms with van der Waals surface area (Å²) in [6.07, 6.45) is 2.68. The summed E-state index contributed by atoms with van der Waals surface area (Å²) in [5.41, 5.74) is 8.14. The summed E-state index contributed by atoms with van der Waals surface area (Å²) in [5.74, 6) is 1.38. The Morgan fingerprint density at radius 2 is 2.00 bits per heavy atom. The van der Waals surface area contributed by atoms with Crippen molar-refractivity contribution in [3.05, 3.63) is 35.4 Å². The van der Waals surface area contributed by atoms with Crippen molar-refractivity contribution in [3.8, 4) is 0 Å². The standard InChI is InChI=1S/C14H18N2OS/c15-14-16-12(8-18-14)10-6-3-7-13(17)11-5-2-1-4-9(10)11/h1-2,4-5,10,12-13,17H,3,6-8H2,(H2,15,16). The molecule has 0 fully saturated rings. The minimum atomic E-state index is -0.318. The minimum Gasteiger partial charge on any atom is -0.388 e. The third kappa shape index (κ3) is 2.15. The molecular formula is C14H18N2OS. The Hall–Kier alpha value is -1.00. The Bertz CT molecular complexity index is 475. The molecule has 1 aliphatic carbocycles. The number of thioether (sulfide) groups is 1. The smallest absolute Gasteiger partial charge is 0.154 e. The summed E-state index contributed by atoms with van der Waals surface area (Å²) in [5, 5.41) is 10.9. The Labute approximate surface area is 111 Å². The summed E-state index contributed by atoms with van der Waals surface area (Å²) in [6, 6.07) is 8.53. The normalized spacial score (nSPS) is 31.6. The van der Waals surface area contributed by atoms with Crippen LogP contribution in [0.5, 0.6) is 0 Å². The maximum Gasteiger partial charge on any atom is 0.154 e. The lowest BCUT2D eigenvalue weighted by Crippen LogP contribution is -2.18. The maximum atomic E-state index is 10.2. The third-order valence-electron chi connectivity index (χ3n) is 3.91. The first-order chi connectivity index (χ1) is 8.75. The monoisotopic (exact) mass is 262 g/mol. The largest absolute Gasteiger partial charge is 0.388 e. The van der Waals surface area contributed by atoms with Gasteiger partial charge in [0.2, 0.25) is 0 Å². The Morgan fingerprint density at radius 1 is 1.22 bits per heavy atom. The van der Waals surface area contributed by atoms with Gasteiger partial charge in [0.15, 0.2) is 5.17 Å². The molecule has 1 heterocycles. The molecule has 0 amide bonds. The molecule has 1 aliphatic heterocycles. The first-order valence-electron chi connectivity index (χ1n) is 6.48. The predicted molar refractivity (Wildman–Crippen MR) is 75.9 cm³/mol. The Balaban J connectivity index is 1.98. The molecule has 0 bridgehead atoms. The predicted octanol–water partition coefficient (Wildman–Crippen LogP) is 2.42. The van der Waals surface area contributed by atoms with Crippen LogP contribution in [0.4, 0.5) is 0 Å². The van der Waals surface area contributed by atoms with E-state index in [4.69, 9.17) is 5.73 Å². The second-order valence-corrected chi connectivity index (χ2v) is 6.07. The van der Waals surface area contributed by atoms with E-state index in [-0.39, 0.29) is 12.1 Å². The van der Waals surface area contributed by atoms with Gasteiger partial charge in [-0.15, -0.1) is 0 Å². The highest BCUT2D eigenvalue weighted by molar-refractivity contribution is 8.14. The summed E-state index contributed by atoms with van der Waals surface area (Å²) in [4.78, 5) is 4.55. The van der Waals surface area contributed by atoms with E-state index in [1.165, 1.54) is 5.56 Å². The van der Waals surface area contributed by atoms with Crippen LogP contribution in [0.25, 0.3) is 0 Å². The number of aliphatic hydroxyl groups is 1. The van der Waals surface area contributed by atoms with E-state index in [0.29, 0.717) is 11.1 Å². The van der Waals surface area contributed by atoms with Gasteiger partial charge in [0.1, 0.15) is 0 Å². The van der Waals surface area contributed by atoms with Crippen LogP contribution in [-0.4, -0.2) is 22.1 Å². The van der Waals surface area contributed by atoms with Gasteiger partial charge in [-0.2, -0.15) is 0 Å². The number of nitrogens with two attached hydrogens (primary N) is 1. The molecule has 0 saturated carbocycles. The van der Waals surface area contributed by atoms with E-state index in [0.717, 1.165) is 30.6 Å². The van der Waals surface area contributed by atoms with Crippen LogP contribution < -0.4 is 5.73 Å². The van der Waals surface area contributed by atoms with Crippen LogP contribution in [0, 0.1) is 0 Å². The van der Waals surface area contributed by atoms with E-state index in [9.17, 15) is 5.11 Å². The molecule has 1 aromatic rings. The summed E-state index contributed by atoms with van der Waals surface area (Å²) < 4.78 is 0. The quantitative estimate of drug-likeness (QED) is 0.764. The van der Waals surface area contributed by atoms with Gasteiger partial charge in [-0.05, 0) is 30.4 Å². The molecule has 3 N–H and O–H groups in total. The molecule has 0 saturated heterocycles. The van der Waals surface area contributed by atoms with Gasteiger partial charge >= 0.3 is 0 Å². The zero-order valence-electron chi connectivity index (χ0n) is 10.2. The highest BCUT2D eigenvalue weighted by atomic mass is 32.2. The van der Waals surface area contributed by atoms with Crippen LogP contribution in [0.2, 0.25) is 0 Å². The van der Waals surface area contributed by atoms with Gasteiger partial charge in [-0.1, -0.05) is 36.0 Å². The van der Waals surface area contributed by atoms with Crippen molar-refractivity contribution in [3.63, 3.8) is 0 Å². The van der Waals surface area contributed by atoms with Gasteiger partial charge in [0.05, 0.1) is 12.1 Å². The van der Waals surface area contributed by atoms with Crippen LogP contribution in [0.1, 0.15) is 42.4 Å². The molecule has 1 aromatic carbocycles. The molecule has 18 heavy (non-hydrogen) atoms. The van der Waals surface area contributed by atoms with Crippen LogP contribution in [0.3, 0.4) is 0 Å². The zero-order valence-corrected chi connectivity index (χ0v) is 11.1. The molecule has 3 nitrogen and oxygen atoms in total. The van der Waals surface area contributed by atoms with Crippen molar-refractivity contribution in [1.29, 1.82) is 0 Å². The molecular weight excluding hydrogens is 244 g/mol. The lowest BCUT2D eigenvalue weighted by molar-refractivity contribution is 0.166. The molecule has 0 spiro atoms. The Morgan fingerprint density at radius 3 is 2.72 bits per heavy atom. The van der Waals surface area contributed by atoms with E-state index in [1.54, 1.807) is 11.8 Å². The van der Waals surface area contributed by atoms with E-state index in [2.05, 4.69) is 17.1 Å². The average Bonchev–Trinajstić information content (AvgIpc) is 2.73. The number of aliphatic hydroxyl groups excluding tert-OH is 1. The Kier molecular flexibility index (Phi) is 3.31. The van der Waals surface area contributed by atoms with Gasteiger partial charge in [-0.25, -0.2) is 0 Å².